The highest BCUT2D eigenvalue weighted by Crippen LogP contribution is 1.97. The summed E-state index contributed by atoms with van der Waals surface area (Å²) in [6, 6.07) is -1.51. The third kappa shape index (κ3) is 4.40. The molecule has 0 aromatic rings. The third-order valence-corrected chi connectivity index (χ3v) is 3.12. The predicted molar refractivity (Wildman–Crippen MR) is 67.7 cm³/mol. The van der Waals surface area contributed by atoms with Gasteiger partial charge in [-0.3, -0.25) is 4.79 Å². The minimum atomic E-state index is -1.09. The molecule has 1 rings (SSSR count). The van der Waals surface area contributed by atoms with Crippen LogP contribution < -0.4 is 10.6 Å². The summed E-state index contributed by atoms with van der Waals surface area (Å²) in [6.45, 7) is 4.02. The summed E-state index contributed by atoms with van der Waals surface area (Å²) < 4.78 is 0. The fourth-order valence-electron chi connectivity index (χ4n) is 1.64. The summed E-state index contributed by atoms with van der Waals surface area (Å²) >= 11 is 0. The minimum Gasteiger partial charge on any atom is -0.480 e. The van der Waals surface area contributed by atoms with Crippen molar-refractivity contribution in [2.45, 2.75) is 13.0 Å². The molecule has 0 saturated carbocycles. The van der Waals surface area contributed by atoms with Crippen molar-refractivity contribution in [1.29, 1.82) is 0 Å². The largest absolute Gasteiger partial charge is 0.480 e. The lowest BCUT2D eigenvalue weighted by Crippen LogP contribution is -2.52. The van der Waals surface area contributed by atoms with Gasteiger partial charge in [0.1, 0.15) is 6.04 Å². The molecule has 0 aliphatic carbocycles. The average Bonchev–Trinajstić information content (AvgIpc) is 2.43. The molecule has 1 aliphatic heterocycles. The maximum absolute atomic E-state index is 11.8. The zero-order valence-electron chi connectivity index (χ0n) is 11.2. The Bertz CT molecular complexity index is 355. The first-order valence-corrected chi connectivity index (χ1v) is 6.15. The quantitative estimate of drug-likeness (QED) is 0.580. The van der Waals surface area contributed by atoms with Crippen molar-refractivity contribution in [3.8, 4) is 0 Å². The van der Waals surface area contributed by atoms with Crippen LogP contribution in [0.25, 0.3) is 0 Å². The number of carbonyl (C=O) groups is 3. The summed E-state index contributed by atoms with van der Waals surface area (Å²) in [6.07, 6.45) is 0. The maximum atomic E-state index is 11.8. The highest BCUT2D eigenvalue weighted by atomic mass is 16.4. The lowest BCUT2D eigenvalue weighted by molar-refractivity contribution is -0.141. The monoisotopic (exact) mass is 272 g/mol. The highest BCUT2D eigenvalue weighted by molar-refractivity contribution is 5.86. The van der Waals surface area contributed by atoms with E-state index in [-0.39, 0.29) is 12.5 Å². The maximum Gasteiger partial charge on any atom is 0.326 e. The van der Waals surface area contributed by atoms with Gasteiger partial charge in [0, 0.05) is 33.2 Å². The van der Waals surface area contributed by atoms with Crippen LogP contribution in [0.2, 0.25) is 0 Å². The number of nitrogens with zero attached hydrogens (tertiary/aromatic N) is 2. The van der Waals surface area contributed by atoms with E-state index in [0.29, 0.717) is 13.1 Å². The smallest absolute Gasteiger partial charge is 0.326 e. The number of urea groups is 1. The number of hydrogen-bond acceptors (Lipinski definition) is 4. The molecular formula is C11H20N4O4. The number of nitrogens with one attached hydrogen (secondary N) is 2. The Morgan fingerprint density at radius 1 is 1.37 bits per heavy atom. The van der Waals surface area contributed by atoms with Crippen molar-refractivity contribution >= 4 is 17.9 Å². The van der Waals surface area contributed by atoms with E-state index in [1.54, 1.807) is 4.90 Å². The van der Waals surface area contributed by atoms with Crippen LogP contribution in [0.3, 0.4) is 0 Å². The number of piperazine rings is 1. The van der Waals surface area contributed by atoms with E-state index < -0.39 is 18.0 Å². The van der Waals surface area contributed by atoms with Crippen LogP contribution in [0, 0.1) is 0 Å². The lowest BCUT2D eigenvalue weighted by atomic mass is 10.3. The Hall–Kier alpha value is -1.83. The average molecular weight is 272 g/mol. The molecule has 1 atom stereocenters. The Morgan fingerprint density at radius 2 is 1.95 bits per heavy atom. The fraction of sp³-hybridized carbons (Fsp3) is 0.727. The Labute approximate surface area is 111 Å². The van der Waals surface area contributed by atoms with Gasteiger partial charge >= 0.3 is 12.0 Å². The first kappa shape index (κ1) is 15.2. The van der Waals surface area contributed by atoms with E-state index in [4.69, 9.17) is 5.11 Å². The van der Waals surface area contributed by atoms with Crippen molar-refractivity contribution in [1.82, 2.24) is 20.4 Å². The molecule has 108 valence electrons. The van der Waals surface area contributed by atoms with Crippen LogP contribution >= 0.6 is 0 Å². The number of aliphatic carboxylic acids is 1. The lowest BCUT2D eigenvalue weighted by Gasteiger charge is -2.28. The van der Waals surface area contributed by atoms with E-state index in [0.717, 1.165) is 18.0 Å². The second-order valence-corrected chi connectivity index (χ2v) is 4.41. The fourth-order valence-corrected chi connectivity index (χ4v) is 1.64. The van der Waals surface area contributed by atoms with Crippen molar-refractivity contribution in [3.05, 3.63) is 0 Å². The molecule has 1 unspecified atom stereocenters. The molecule has 1 aliphatic rings. The van der Waals surface area contributed by atoms with Crippen molar-refractivity contribution in [3.63, 3.8) is 0 Å². The first-order valence-electron chi connectivity index (χ1n) is 6.15. The molecular weight excluding hydrogens is 252 g/mol. The van der Waals surface area contributed by atoms with Gasteiger partial charge in [-0.15, -0.1) is 0 Å². The van der Waals surface area contributed by atoms with E-state index >= 15 is 0 Å². The van der Waals surface area contributed by atoms with Gasteiger partial charge in [-0.25, -0.2) is 9.59 Å². The molecule has 1 heterocycles. The van der Waals surface area contributed by atoms with Gasteiger partial charge in [0.05, 0.1) is 6.54 Å². The summed E-state index contributed by atoms with van der Waals surface area (Å²) in [7, 11) is 1.38. The first-order chi connectivity index (χ1) is 8.93. The van der Waals surface area contributed by atoms with Crippen LogP contribution in [0.4, 0.5) is 4.79 Å². The van der Waals surface area contributed by atoms with Crippen LogP contribution in [0.15, 0.2) is 0 Å². The minimum absolute atomic E-state index is 0.116. The second-order valence-electron chi connectivity index (χ2n) is 4.41. The normalized spacial score (nSPS) is 16.6. The number of carbonyl (C=O) groups excluding carboxylic acids is 2. The second kappa shape index (κ2) is 6.93. The third-order valence-electron chi connectivity index (χ3n) is 3.12. The van der Waals surface area contributed by atoms with Crippen molar-refractivity contribution < 1.29 is 19.5 Å². The molecule has 19 heavy (non-hydrogen) atoms. The van der Waals surface area contributed by atoms with E-state index in [1.807, 2.05) is 0 Å². The van der Waals surface area contributed by atoms with Crippen LogP contribution in [0.5, 0.6) is 0 Å². The molecule has 0 bridgehead atoms. The number of rotatable bonds is 4. The van der Waals surface area contributed by atoms with Gasteiger partial charge in [-0.2, -0.15) is 0 Å². The topological polar surface area (TPSA) is 102 Å². The van der Waals surface area contributed by atoms with Crippen LogP contribution in [0.1, 0.15) is 6.92 Å². The summed E-state index contributed by atoms with van der Waals surface area (Å²) in [5, 5.41) is 14.3. The molecule has 3 N–H and O–H groups in total. The summed E-state index contributed by atoms with van der Waals surface area (Å²) in [4.78, 5) is 36.9. The van der Waals surface area contributed by atoms with E-state index in [1.165, 1.54) is 14.0 Å². The van der Waals surface area contributed by atoms with Crippen LogP contribution in [-0.2, 0) is 9.59 Å². The van der Waals surface area contributed by atoms with Crippen molar-refractivity contribution in [2.24, 2.45) is 0 Å². The summed E-state index contributed by atoms with van der Waals surface area (Å²) in [5.74, 6) is -1.25. The summed E-state index contributed by atoms with van der Waals surface area (Å²) in [5.41, 5.74) is 0. The van der Waals surface area contributed by atoms with Gasteiger partial charge < -0.3 is 25.5 Å². The molecule has 0 aromatic heterocycles. The zero-order valence-corrected chi connectivity index (χ0v) is 11.2. The zero-order chi connectivity index (χ0) is 14.4. The number of hydrogen-bond donors (Lipinski definition) is 3. The van der Waals surface area contributed by atoms with E-state index in [2.05, 4.69) is 10.6 Å². The molecule has 0 aromatic carbocycles. The molecule has 8 heteroatoms. The standard InChI is InChI=1S/C11H20N4O4/c1-8(10(17)18)14(2)11(19)13-7-9(16)15-5-3-12-4-6-15/h8,12H,3-7H2,1-2H3,(H,13,19)(H,17,18). The molecule has 1 saturated heterocycles. The highest BCUT2D eigenvalue weighted by Gasteiger charge is 2.23. The van der Waals surface area contributed by atoms with Gasteiger partial charge in [-0.05, 0) is 6.92 Å². The number of likely N-dealkylation sites (N-methyl/N-ethyl adjacent to an activating group) is 1. The molecule has 3 amide bonds. The number of amides is 3. The Kier molecular flexibility index (Phi) is 5.56. The predicted octanol–water partition coefficient (Wildman–Crippen LogP) is -1.47. The van der Waals surface area contributed by atoms with Gasteiger partial charge in [-0.1, -0.05) is 0 Å². The van der Waals surface area contributed by atoms with Gasteiger partial charge in [0.25, 0.3) is 0 Å². The molecule has 0 spiro atoms. The van der Waals surface area contributed by atoms with Crippen molar-refractivity contribution in [2.75, 3.05) is 39.8 Å². The van der Waals surface area contributed by atoms with Crippen LogP contribution in [-0.4, -0.2) is 78.6 Å². The SMILES string of the molecule is CC(C(=O)O)N(C)C(=O)NCC(=O)N1CCNCC1. The number of carboxylic acid groups (broad SMARTS) is 1. The molecule has 0 radical (unpaired) electrons. The van der Waals surface area contributed by atoms with Gasteiger partial charge in [0.2, 0.25) is 5.91 Å². The Morgan fingerprint density at radius 3 is 2.47 bits per heavy atom. The molecule has 8 nitrogen and oxygen atoms in total. The molecule has 1 fully saturated rings. The van der Waals surface area contributed by atoms with E-state index in [9.17, 15) is 14.4 Å². The Balaban J connectivity index is 2.36. The number of carboxylic acids is 1. The van der Waals surface area contributed by atoms with Gasteiger partial charge in [0.15, 0.2) is 0 Å².